The van der Waals surface area contributed by atoms with E-state index < -0.39 is 0 Å². The fraction of sp³-hybridized carbons (Fsp3) is 0.441. The molecule has 3 aromatic rings. The Hall–Kier alpha value is -3.22. The van der Waals surface area contributed by atoms with Gasteiger partial charge in [0.15, 0.2) is 0 Å². The van der Waals surface area contributed by atoms with Crippen molar-refractivity contribution in [3.63, 3.8) is 0 Å². The summed E-state index contributed by atoms with van der Waals surface area (Å²) in [5, 5.41) is 3.67. The van der Waals surface area contributed by atoms with E-state index in [1.54, 1.807) is 12.1 Å². The van der Waals surface area contributed by atoms with E-state index >= 15 is 0 Å². The predicted molar refractivity (Wildman–Crippen MR) is 162 cm³/mol. The highest BCUT2D eigenvalue weighted by Gasteiger charge is 2.38. The number of nitrogens with one attached hydrogen (secondary N) is 1. The van der Waals surface area contributed by atoms with E-state index in [1.165, 1.54) is 24.0 Å². The fourth-order valence-corrected chi connectivity index (χ4v) is 7.15. The lowest BCUT2D eigenvalue weighted by Gasteiger charge is -2.47. The van der Waals surface area contributed by atoms with Gasteiger partial charge in [0.2, 0.25) is 0 Å². The summed E-state index contributed by atoms with van der Waals surface area (Å²) in [6.45, 7) is 4.84. The Kier molecular flexibility index (Phi) is 8.40. The second-order valence-corrected chi connectivity index (χ2v) is 12.5. The third-order valence-electron chi connectivity index (χ3n) is 9.56. The van der Waals surface area contributed by atoms with Gasteiger partial charge in [-0.15, -0.1) is 0 Å². The van der Waals surface area contributed by atoms with Crippen LogP contribution in [0.5, 0.6) is 0 Å². The lowest BCUT2D eigenvalue weighted by Crippen LogP contribution is -2.48. The zero-order chi connectivity index (χ0) is 28.2. The van der Waals surface area contributed by atoms with Crippen molar-refractivity contribution in [1.82, 2.24) is 20.1 Å². The summed E-state index contributed by atoms with van der Waals surface area (Å²) in [7, 11) is 0. The van der Waals surface area contributed by atoms with E-state index in [0.717, 1.165) is 82.4 Å². The number of amides is 2. The van der Waals surface area contributed by atoms with Crippen molar-refractivity contribution >= 4 is 23.4 Å². The number of pyridine rings is 1. The van der Waals surface area contributed by atoms with Gasteiger partial charge in [0.1, 0.15) is 0 Å². The Morgan fingerprint density at radius 2 is 1.66 bits per heavy atom. The monoisotopic (exact) mass is 570 g/mol. The highest BCUT2D eigenvalue weighted by molar-refractivity contribution is 6.33. The first-order chi connectivity index (χ1) is 20.0. The number of hydrogen-bond donors (Lipinski definition) is 1. The Bertz CT molecular complexity index is 1380. The highest BCUT2D eigenvalue weighted by atomic mass is 35.5. The largest absolute Gasteiger partial charge is 0.345 e. The van der Waals surface area contributed by atoms with Crippen molar-refractivity contribution in [2.45, 2.75) is 64.0 Å². The van der Waals surface area contributed by atoms with Crippen LogP contribution in [0.2, 0.25) is 5.02 Å². The van der Waals surface area contributed by atoms with Crippen LogP contribution < -0.4 is 5.32 Å². The molecule has 1 aliphatic carbocycles. The number of aromatic nitrogens is 1. The molecule has 3 aliphatic rings. The molecule has 0 saturated carbocycles. The van der Waals surface area contributed by atoms with Gasteiger partial charge in [-0.05, 0) is 117 Å². The molecular formula is C34H39ClN4O2. The number of nitrogens with zero attached hydrogens (tertiary/aromatic N) is 3. The first-order valence-corrected chi connectivity index (χ1v) is 15.5. The van der Waals surface area contributed by atoms with Gasteiger partial charge < -0.3 is 10.2 Å². The molecule has 2 fully saturated rings. The van der Waals surface area contributed by atoms with E-state index in [2.05, 4.69) is 33.4 Å². The van der Waals surface area contributed by atoms with Gasteiger partial charge in [-0.2, -0.15) is 0 Å². The Balaban J connectivity index is 1.09. The smallest absolute Gasteiger partial charge is 0.253 e. The van der Waals surface area contributed by atoms with Crippen molar-refractivity contribution in [2.75, 3.05) is 26.2 Å². The predicted octanol–water partition coefficient (Wildman–Crippen LogP) is 6.45. The Morgan fingerprint density at radius 1 is 0.927 bits per heavy atom. The van der Waals surface area contributed by atoms with Crippen molar-refractivity contribution in [2.24, 2.45) is 5.41 Å². The van der Waals surface area contributed by atoms with Gasteiger partial charge in [0.05, 0.1) is 16.6 Å². The summed E-state index contributed by atoms with van der Waals surface area (Å²) >= 11 is 6.30. The minimum absolute atomic E-state index is 0.109. The summed E-state index contributed by atoms with van der Waals surface area (Å²) in [5.74, 6) is -0.0588. The van der Waals surface area contributed by atoms with Crippen LogP contribution >= 0.6 is 11.6 Å². The summed E-state index contributed by atoms with van der Waals surface area (Å²) < 4.78 is 0. The van der Waals surface area contributed by atoms with Gasteiger partial charge >= 0.3 is 0 Å². The average Bonchev–Trinajstić information content (AvgIpc) is 3.21. The number of fused-ring (bicyclic) bond motifs is 1. The molecule has 0 radical (unpaired) electrons. The van der Waals surface area contributed by atoms with Crippen LogP contribution in [0.25, 0.3) is 0 Å². The van der Waals surface area contributed by atoms with Crippen molar-refractivity contribution < 1.29 is 9.59 Å². The number of carbonyl (C=O) groups is 2. The van der Waals surface area contributed by atoms with E-state index in [4.69, 9.17) is 11.6 Å². The van der Waals surface area contributed by atoms with Crippen LogP contribution in [0.15, 0.2) is 67.0 Å². The topological polar surface area (TPSA) is 65.5 Å². The molecule has 2 amide bonds. The van der Waals surface area contributed by atoms with E-state index in [1.807, 2.05) is 41.6 Å². The minimum atomic E-state index is -0.168. The molecule has 6 nitrogen and oxygen atoms in total. The van der Waals surface area contributed by atoms with Crippen LogP contribution in [0, 0.1) is 5.41 Å². The second-order valence-electron chi connectivity index (χ2n) is 12.1. The van der Waals surface area contributed by atoms with Crippen LogP contribution in [0.3, 0.4) is 0 Å². The summed E-state index contributed by atoms with van der Waals surface area (Å²) in [4.78, 5) is 35.5. The van der Waals surface area contributed by atoms with E-state index in [-0.39, 0.29) is 17.9 Å². The standard InChI is InChI=1S/C34H39ClN4O2/c35-30-7-3-2-6-28(30)32(40)37-31-8-4-1-5-26-9-10-27(23-29(26)31)33(41)39-21-15-34(16-22-39)13-19-38(20-14-34)24-25-11-17-36-18-12-25/h2-3,6-7,9-12,17-18,23,31H,1,4-5,8,13-16,19-22,24H2,(H,37,40). The fourth-order valence-electron chi connectivity index (χ4n) is 6.93. The number of hydrogen-bond acceptors (Lipinski definition) is 4. The Labute approximate surface area is 248 Å². The van der Waals surface area contributed by atoms with Crippen molar-refractivity contribution in [3.05, 3.63) is 99.8 Å². The molecule has 214 valence electrons. The molecule has 1 unspecified atom stereocenters. The number of aryl methyl sites for hydroxylation is 1. The maximum atomic E-state index is 13.7. The Morgan fingerprint density at radius 3 is 2.41 bits per heavy atom. The number of halogens is 1. The number of rotatable bonds is 5. The van der Waals surface area contributed by atoms with Gasteiger partial charge in [-0.3, -0.25) is 19.5 Å². The molecule has 0 bridgehead atoms. The number of piperidine rings is 2. The molecule has 7 heteroatoms. The normalized spacial score (nSPS) is 20.7. The molecule has 6 rings (SSSR count). The first kappa shape index (κ1) is 27.9. The maximum absolute atomic E-state index is 13.7. The molecule has 2 aromatic carbocycles. The quantitative estimate of drug-likeness (QED) is 0.358. The number of benzene rings is 2. The maximum Gasteiger partial charge on any atom is 0.253 e. The van der Waals surface area contributed by atoms with Gasteiger partial charge in [-0.25, -0.2) is 0 Å². The molecule has 2 aliphatic heterocycles. The van der Waals surface area contributed by atoms with Gasteiger partial charge in [0.25, 0.3) is 11.8 Å². The van der Waals surface area contributed by atoms with Crippen molar-refractivity contribution in [1.29, 1.82) is 0 Å². The zero-order valence-electron chi connectivity index (χ0n) is 23.7. The number of carbonyl (C=O) groups excluding carboxylic acids is 2. The van der Waals surface area contributed by atoms with E-state index in [0.29, 0.717) is 16.0 Å². The molecule has 1 spiro atoms. The van der Waals surface area contributed by atoms with Gasteiger partial charge in [-0.1, -0.05) is 36.2 Å². The molecule has 1 N–H and O–H groups in total. The lowest BCUT2D eigenvalue weighted by molar-refractivity contribution is 0.0285. The molecule has 1 atom stereocenters. The average molecular weight is 571 g/mol. The highest BCUT2D eigenvalue weighted by Crippen LogP contribution is 2.42. The summed E-state index contributed by atoms with van der Waals surface area (Å²) in [6, 6.07) is 17.4. The van der Waals surface area contributed by atoms with Crippen molar-refractivity contribution in [3.8, 4) is 0 Å². The molecule has 41 heavy (non-hydrogen) atoms. The van der Waals surface area contributed by atoms with Gasteiger partial charge in [0, 0.05) is 37.6 Å². The molecule has 2 saturated heterocycles. The summed E-state index contributed by atoms with van der Waals surface area (Å²) in [5.41, 5.74) is 5.18. The van der Waals surface area contributed by atoms with E-state index in [9.17, 15) is 9.59 Å². The van der Waals surface area contributed by atoms with Crippen LogP contribution in [0.1, 0.15) is 88.4 Å². The minimum Gasteiger partial charge on any atom is -0.345 e. The molecule has 1 aromatic heterocycles. The van der Waals surface area contributed by atoms with Crippen LogP contribution in [-0.4, -0.2) is 52.8 Å². The van der Waals surface area contributed by atoms with Crippen LogP contribution in [0.4, 0.5) is 0 Å². The third-order valence-corrected chi connectivity index (χ3v) is 9.89. The zero-order valence-corrected chi connectivity index (χ0v) is 24.4. The first-order valence-electron chi connectivity index (χ1n) is 15.1. The lowest BCUT2D eigenvalue weighted by atomic mass is 9.71. The molecule has 3 heterocycles. The summed E-state index contributed by atoms with van der Waals surface area (Å²) in [6.07, 6.45) is 12.2. The molecular weight excluding hydrogens is 532 g/mol. The third kappa shape index (κ3) is 6.34. The van der Waals surface area contributed by atoms with Crippen LogP contribution in [-0.2, 0) is 13.0 Å². The number of likely N-dealkylation sites (tertiary alicyclic amines) is 2. The second kappa shape index (κ2) is 12.3. The SMILES string of the molecule is O=C(NC1CCCCc2ccc(C(=O)N3CCC4(CCN(Cc5ccncc5)CC4)CC3)cc21)c1ccccc1Cl.